The van der Waals surface area contributed by atoms with Crippen LogP contribution in [0.2, 0.25) is 0 Å². The third kappa shape index (κ3) is 2.55. The van der Waals surface area contributed by atoms with Crippen LogP contribution in [0, 0.1) is 17.6 Å². The molecule has 21 heavy (non-hydrogen) atoms. The van der Waals surface area contributed by atoms with Crippen molar-refractivity contribution in [3.63, 3.8) is 0 Å². The van der Waals surface area contributed by atoms with Gasteiger partial charge in [-0.2, -0.15) is 0 Å². The van der Waals surface area contributed by atoms with E-state index in [-0.39, 0.29) is 18.0 Å². The molecule has 1 N–H and O–H groups in total. The topological polar surface area (TPSA) is 32.3 Å². The first-order chi connectivity index (χ1) is 9.97. The van der Waals surface area contributed by atoms with E-state index < -0.39 is 17.8 Å². The van der Waals surface area contributed by atoms with Gasteiger partial charge < -0.3 is 4.90 Å². The van der Waals surface area contributed by atoms with E-state index >= 15 is 0 Å². The Bertz CT molecular complexity index is 563. The second-order valence-corrected chi connectivity index (χ2v) is 6.27. The highest BCUT2D eigenvalue weighted by Gasteiger charge is 2.43. The molecular formula is C16H20F2N2O. The maximum absolute atomic E-state index is 14.1. The fraction of sp³-hybridized carbons (Fsp3) is 0.562. The summed E-state index contributed by atoms with van der Waals surface area (Å²) in [6.07, 6.45) is 2.48. The molecule has 1 aromatic carbocycles. The van der Waals surface area contributed by atoms with E-state index in [2.05, 4.69) is 12.2 Å². The van der Waals surface area contributed by atoms with Gasteiger partial charge in [-0.3, -0.25) is 10.1 Å². The molecule has 2 fully saturated rings. The minimum absolute atomic E-state index is 0.00262. The molecule has 1 saturated carbocycles. The van der Waals surface area contributed by atoms with Crippen LogP contribution in [0.25, 0.3) is 0 Å². The fourth-order valence-electron chi connectivity index (χ4n) is 3.52. The van der Waals surface area contributed by atoms with Gasteiger partial charge in [0.05, 0.1) is 6.04 Å². The molecule has 4 unspecified atom stereocenters. The number of nitrogens with zero attached hydrogens (tertiary/aromatic N) is 1. The van der Waals surface area contributed by atoms with E-state index in [0.717, 1.165) is 25.3 Å². The highest BCUT2D eigenvalue weighted by molar-refractivity contribution is 5.84. The van der Waals surface area contributed by atoms with Crippen molar-refractivity contribution in [3.05, 3.63) is 35.4 Å². The average Bonchev–Trinajstić information content (AvgIpc) is 2.95. The SMILES string of the molecule is CC1CCC(N2C(=O)C(C)NC2c2ccc(F)cc2F)C1. The van der Waals surface area contributed by atoms with Crippen molar-refractivity contribution >= 4 is 5.91 Å². The zero-order valence-corrected chi connectivity index (χ0v) is 12.3. The molecule has 5 heteroatoms. The Hall–Kier alpha value is -1.49. The molecular weight excluding hydrogens is 274 g/mol. The van der Waals surface area contributed by atoms with Crippen LogP contribution in [0.15, 0.2) is 18.2 Å². The molecule has 1 aromatic rings. The van der Waals surface area contributed by atoms with Crippen LogP contribution in [0.4, 0.5) is 8.78 Å². The first kappa shape index (κ1) is 14.4. The van der Waals surface area contributed by atoms with Gasteiger partial charge in [-0.1, -0.05) is 6.92 Å². The Balaban J connectivity index is 1.93. The molecule has 4 atom stereocenters. The quantitative estimate of drug-likeness (QED) is 0.909. The third-order valence-corrected chi connectivity index (χ3v) is 4.63. The van der Waals surface area contributed by atoms with Crippen LogP contribution in [0.1, 0.15) is 44.8 Å². The zero-order chi connectivity index (χ0) is 15.1. The summed E-state index contributed by atoms with van der Waals surface area (Å²) in [5.41, 5.74) is 0.341. The lowest BCUT2D eigenvalue weighted by Crippen LogP contribution is -2.39. The van der Waals surface area contributed by atoms with Crippen molar-refractivity contribution in [2.45, 2.75) is 51.4 Å². The monoisotopic (exact) mass is 294 g/mol. The van der Waals surface area contributed by atoms with Gasteiger partial charge >= 0.3 is 0 Å². The average molecular weight is 294 g/mol. The molecule has 1 aliphatic heterocycles. The van der Waals surface area contributed by atoms with Gasteiger partial charge in [0.15, 0.2) is 0 Å². The Morgan fingerprint density at radius 2 is 2.00 bits per heavy atom. The normalized spacial score (nSPS) is 33.0. The van der Waals surface area contributed by atoms with Crippen LogP contribution < -0.4 is 5.32 Å². The predicted molar refractivity (Wildman–Crippen MR) is 75.3 cm³/mol. The number of amides is 1. The zero-order valence-electron chi connectivity index (χ0n) is 12.3. The van der Waals surface area contributed by atoms with Crippen molar-refractivity contribution in [1.82, 2.24) is 10.2 Å². The van der Waals surface area contributed by atoms with Gasteiger partial charge in [-0.05, 0) is 44.2 Å². The van der Waals surface area contributed by atoms with E-state index in [1.54, 1.807) is 11.8 Å². The Labute approximate surface area is 123 Å². The van der Waals surface area contributed by atoms with Crippen LogP contribution in [0.3, 0.4) is 0 Å². The van der Waals surface area contributed by atoms with Gasteiger partial charge in [0.25, 0.3) is 0 Å². The van der Waals surface area contributed by atoms with E-state index in [1.165, 1.54) is 12.1 Å². The Morgan fingerprint density at radius 3 is 2.62 bits per heavy atom. The molecule has 1 heterocycles. The fourth-order valence-corrected chi connectivity index (χ4v) is 3.52. The number of benzene rings is 1. The summed E-state index contributed by atoms with van der Waals surface area (Å²) in [7, 11) is 0. The third-order valence-electron chi connectivity index (χ3n) is 4.63. The first-order valence-corrected chi connectivity index (χ1v) is 7.50. The van der Waals surface area contributed by atoms with Crippen molar-refractivity contribution in [2.75, 3.05) is 0 Å². The molecule has 0 bridgehead atoms. The molecule has 0 aromatic heterocycles. The lowest BCUT2D eigenvalue weighted by atomic mass is 10.1. The minimum atomic E-state index is -0.606. The number of carbonyl (C=O) groups is 1. The van der Waals surface area contributed by atoms with Crippen molar-refractivity contribution in [1.29, 1.82) is 0 Å². The summed E-state index contributed by atoms with van der Waals surface area (Å²) < 4.78 is 27.2. The summed E-state index contributed by atoms with van der Waals surface area (Å²) in [5.74, 6) is -0.625. The summed E-state index contributed by atoms with van der Waals surface area (Å²) in [6, 6.07) is 3.34. The highest BCUT2D eigenvalue weighted by Crippen LogP contribution is 2.37. The molecule has 2 aliphatic rings. The largest absolute Gasteiger partial charge is 0.318 e. The van der Waals surface area contributed by atoms with Crippen LogP contribution in [-0.2, 0) is 4.79 Å². The molecule has 1 amide bonds. The number of halogens is 2. The van der Waals surface area contributed by atoms with E-state index in [0.29, 0.717) is 11.5 Å². The summed E-state index contributed by atoms with van der Waals surface area (Å²) >= 11 is 0. The second kappa shape index (κ2) is 5.37. The van der Waals surface area contributed by atoms with Crippen molar-refractivity contribution < 1.29 is 13.6 Å². The molecule has 1 aliphatic carbocycles. The number of carbonyl (C=O) groups excluding carboxylic acids is 1. The minimum Gasteiger partial charge on any atom is -0.318 e. The number of hydrogen-bond donors (Lipinski definition) is 1. The Kier molecular flexibility index (Phi) is 3.69. The number of rotatable bonds is 2. The number of hydrogen-bond acceptors (Lipinski definition) is 2. The molecule has 3 nitrogen and oxygen atoms in total. The van der Waals surface area contributed by atoms with Gasteiger partial charge in [0.2, 0.25) is 5.91 Å². The maximum Gasteiger partial charge on any atom is 0.241 e. The van der Waals surface area contributed by atoms with E-state index in [4.69, 9.17) is 0 Å². The van der Waals surface area contributed by atoms with E-state index in [1.807, 2.05) is 0 Å². The van der Waals surface area contributed by atoms with Crippen LogP contribution in [-0.4, -0.2) is 22.9 Å². The maximum atomic E-state index is 14.1. The summed E-state index contributed by atoms with van der Waals surface area (Å²) in [5, 5.41) is 3.14. The van der Waals surface area contributed by atoms with Gasteiger partial charge in [0.1, 0.15) is 17.8 Å². The molecule has 1 saturated heterocycles. The van der Waals surface area contributed by atoms with Gasteiger partial charge in [-0.25, -0.2) is 8.78 Å². The summed E-state index contributed by atoms with van der Waals surface area (Å²) in [6.45, 7) is 3.96. The smallest absolute Gasteiger partial charge is 0.241 e. The molecule has 114 valence electrons. The second-order valence-electron chi connectivity index (χ2n) is 6.27. The van der Waals surface area contributed by atoms with Crippen molar-refractivity contribution in [2.24, 2.45) is 5.92 Å². The van der Waals surface area contributed by atoms with Gasteiger partial charge in [-0.15, -0.1) is 0 Å². The van der Waals surface area contributed by atoms with Crippen LogP contribution >= 0.6 is 0 Å². The standard InChI is InChI=1S/C16H20F2N2O/c1-9-3-5-12(7-9)20-15(19-10(2)16(20)21)13-6-4-11(17)8-14(13)18/h4,6,8-10,12,15,19H,3,5,7H2,1-2H3. The van der Waals surface area contributed by atoms with Gasteiger partial charge in [0, 0.05) is 17.7 Å². The molecule has 3 rings (SSSR count). The molecule has 0 radical (unpaired) electrons. The Morgan fingerprint density at radius 1 is 1.24 bits per heavy atom. The van der Waals surface area contributed by atoms with Crippen LogP contribution in [0.5, 0.6) is 0 Å². The lowest BCUT2D eigenvalue weighted by Gasteiger charge is -2.30. The molecule has 0 spiro atoms. The lowest BCUT2D eigenvalue weighted by molar-refractivity contribution is -0.132. The van der Waals surface area contributed by atoms with E-state index in [9.17, 15) is 13.6 Å². The number of nitrogens with one attached hydrogen (secondary N) is 1. The predicted octanol–water partition coefficient (Wildman–Crippen LogP) is 2.97. The highest BCUT2D eigenvalue weighted by atomic mass is 19.1. The first-order valence-electron chi connectivity index (χ1n) is 7.50. The van der Waals surface area contributed by atoms with Crippen molar-refractivity contribution in [3.8, 4) is 0 Å². The summed E-state index contributed by atoms with van der Waals surface area (Å²) in [4.78, 5) is 14.2.